The topological polar surface area (TPSA) is 206 Å². The van der Waals surface area contributed by atoms with E-state index in [1.807, 2.05) is 0 Å². The van der Waals surface area contributed by atoms with Crippen LogP contribution in [0.2, 0.25) is 0 Å². The predicted molar refractivity (Wildman–Crippen MR) is 142 cm³/mol. The largest absolute Gasteiger partial charge is 0.463 e. The van der Waals surface area contributed by atoms with Crippen molar-refractivity contribution in [1.82, 2.24) is 20.9 Å². The summed E-state index contributed by atoms with van der Waals surface area (Å²) in [7, 11) is 0. The molecule has 2 atom stereocenters. The number of amides is 7. The zero-order valence-corrected chi connectivity index (χ0v) is 22.3. The first kappa shape index (κ1) is 31.5. The normalized spacial score (nSPS) is 13.9. The third-order valence-corrected chi connectivity index (χ3v) is 5.87. The second kappa shape index (κ2) is 15.6. The molecular weight excluding hydrogens is 524 g/mol. The van der Waals surface area contributed by atoms with Crippen LogP contribution in [0.4, 0.5) is 10.5 Å². The molecule has 2 rings (SSSR count). The molecule has 1 aromatic rings. The Bertz CT molecular complexity index is 1120. The van der Waals surface area contributed by atoms with E-state index in [0.29, 0.717) is 24.1 Å². The Morgan fingerprint density at radius 3 is 2.23 bits per heavy atom. The quantitative estimate of drug-likeness (QED) is 0.103. The van der Waals surface area contributed by atoms with Gasteiger partial charge in [0, 0.05) is 37.3 Å². The Morgan fingerprint density at radius 1 is 1.00 bits per heavy atom. The molecule has 6 N–H and O–H groups in total. The lowest BCUT2D eigenvalue weighted by atomic mass is 10.0. The maximum absolute atomic E-state index is 13.2. The molecule has 1 aliphatic heterocycles. The van der Waals surface area contributed by atoms with Crippen molar-refractivity contribution < 1.29 is 38.3 Å². The van der Waals surface area contributed by atoms with Gasteiger partial charge in [0.25, 0.3) is 18.3 Å². The van der Waals surface area contributed by atoms with Gasteiger partial charge in [0.05, 0.1) is 0 Å². The standard InChI is InChI=1S/C26H34N6O8/c1-16(2)23(31-20(34)11-13-32-21(35)9-10-22(32)36)25(38)30-19(4-3-12-28-26(27)39)24(37)29-18-7-5-17(6-8-18)14-40-15-33/h5-10,15-16,19,23H,3-4,11-14H2,1-2H3,(H,29,37)(H,30,38)(H,31,34)(H3,27,28,39)/t19-,23-/m0/s1. The highest BCUT2D eigenvalue weighted by Gasteiger charge is 2.30. The minimum Gasteiger partial charge on any atom is -0.463 e. The van der Waals surface area contributed by atoms with Crippen LogP contribution in [0.15, 0.2) is 36.4 Å². The fourth-order valence-electron chi connectivity index (χ4n) is 3.74. The molecule has 0 fully saturated rings. The summed E-state index contributed by atoms with van der Waals surface area (Å²) in [5, 5.41) is 10.4. The minimum absolute atomic E-state index is 0.0765. The van der Waals surface area contributed by atoms with Crippen LogP contribution >= 0.6 is 0 Å². The van der Waals surface area contributed by atoms with Crippen molar-refractivity contribution in [3.8, 4) is 0 Å². The van der Waals surface area contributed by atoms with Crippen molar-refractivity contribution >= 4 is 47.7 Å². The molecule has 0 aromatic heterocycles. The monoisotopic (exact) mass is 558 g/mol. The van der Waals surface area contributed by atoms with Crippen LogP contribution in [0.5, 0.6) is 0 Å². The van der Waals surface area contributed by atoms with E-state index in [9.17, 15) is 33.6 Å². The smallest absolute Gasteiger partial charge is 0.312 e. The predicted octanol–water partition coefficient (Wildman–Crippen LogP) is -0.313. The summed E-state index contributed by atoms with van der Waals surface area (Å²) in [5.41, 5.74) is 6.22. The molecule has 1 heterocycles. The summed E-state index contributed by atoms with van der Waals surface area (Å²) < 4.78 is 4.69. The zero-order chi connectivity index (χ0) is 29.7. The molecule has 0 saturated heterocycles. The van der Waals surface area contributed by atoms with Gasteiger partial charge < -0.3 is 31.7 Å². The molecule has 0 saturated carbocycles. The van der Waals surface area contributed by atoms with Gasteiger partial charge in [-0.2, -0.15) is 0 Å². The molecule has 1 aliphatic rings. The molecule has 216 valence electrons. The van der Waals surface area contributed by atoms with Crippen LogP contribution in [0.1, 0.15) is 38.7 Å². The van der Waals surface area contributed by atoms with Crippen molar-refractivity contribution in [3.05, 3.63) is 42.0 Å². The van der Waals surface area contributed by atoms with Gasteiger partial charge in [-0.3, -0.25) is 33.7 Å². The number of hydrogen-bond acceptors (Lipinski definition) is 8. The number of hydrogen-bond donors (Lipinski definition) is 5. The number of nitrogens with two attached hydrogens (primary N) is 1. The Labute approximate surface area is 231 Å². The molecule has 0 bridgehead atoms. The fourth-order valence-corrected chi connectivity index (χ4v) is 3.74. The van der Waals surface area contributed by atoms with Crippen LogP contribution in [0.3, 0.4) is 0 Å². The number of carbonyl (C=O) groups is 7. The van der Waals surface area contributed by atoms with Crippen molar-refractivity contribution in [2.24, 2.45) is 11.7 Å². The summed E-state index contributed by atoms with van der Waals surface area (Å²) in [5.74, 6) is -3.08. The SMILES string of the molecule is CC(C)[C@H](NC(=O)CCN1C(=O)C=CC1=O)C(=O)N[C@@H](CCCNC(N)=O)C(=O)Nc1ccc(COC=O)cc1. The number of ether oxygens (including phenoxy) is 1. The van der Waals surface area contributed by atoms with Crippen LogP contribution < -0.4 is 27.0 Å². The van der Waals surface area contributed by atoms with Crippen molar-refractivity contribution in [2.75, 3.05) is 18.4 Å². The van der Waals surface area contributed by atoms with Gasteiger partial charge in [-0.1, -0.05) is 26.0 Å². The number of imide groups is 1. The first-order valence-electron chi connectivity index (χ1n) is 12.6. The van der Waals surface area contributed by atoms with Crippen LogP contribution in [0, 0.1) is 5.92 Å². The second-order valence-corrected chi connectivity index (χ2v) is 9.29. The molecule has 0 radical (unpaired) electrons. The summed E-state index contributed by atoms with van der Waals surface area (Å²) >= 11 is 0. The number of nitrogens with zero attached hydrogens (tertiary/aromatic N) is 1. The molecule has 40 heavy (non-hydrogen) atoms. The van der Waals surface area contributed by atoms with Crippen molar-refractivity contribution in [3.63, 3.8) is 0 Å². The van der Waals surface area contributed by atoms with Crippen LogP contribution in [0.25, 0.3) is 0 Å². The molecule has 7 amide bonds. The van der Waals surface area contributed by atoms with Gasteiger partial charge in [0.1, 0.15) is 18.7 Å². The van der Waals surface area contributed by atoms with E-state index in [0.717, 1.165) is 17.1 Å². The van der Waals surface area contributed by atoms with E-state index in [4.69, 9.17) is 10.5 Å². The number of rotatable bonds is 16. The van der Waals surface area contributed by atoms with Gasteiger partial charge in [-0.25, -0.2) is 4.79 Å². The highest BCUT2D eigenvalue weighted by atomic mass is 16.5. The first-order chi connectivity index (χ1) is 19.0. The van der Waals surface area contributed by atoms with E-state index in [-0.39, 0.29) is 38.5 Å². The summed E-state index contributed by atoms with van der Waals surface area (Å²) in [4.78, 5) is 84.5. The maximum Gasteiger partial charge on any atom is 0.312 e. The lowest BCUT2D eigenvalue weighted by Crippen LogP contribution is -2.54. The Balaban J connectivity index is 2.04. The molecule has 0 spiro atoms. The van der Waals surface area contributed by atoms with E-state index < -0.39 is 47.7 Å². The average molecular weight is 559 g/mol. The average Bonchev–Trinajstić information content (AvgIpc) is 3.23. The van der Waals surface area contributed by atoms with Gasteiger partial charge in [-0.05, 0) is 36.5 Å². The van der Waals surface area contributed by atoms with Crippen molar-refractivity contribution in [2.45, 2.75) is 51.8 Å². The zero-order valence-electron chi connectivity index (χ0n) is 22.3. The number of benzene rings is 1. The Hall–Kier alpha value is -4.75. The number of nitrogens with one attached hydrogen (secondary N) is 4. The van der Waals surface area contributed by atoms with Gasteiger partial charge in [0.2, 0.25) is 17.7 Å². The van der Waals surface area contributed by atoms with E-state index in [1.165, 1.54) is 0 Å². The first-order valence-corrected chi connectivity index (χ1v) is 12.6. The third kappa shape index (κ3) is 10.2. The fraction of sp³-hybridized carbons (Fsp3) is 0.423. The second-order valence-electron chi connectivity index (χ2n) is 9.29. The van der Waals surface area contributed by atoms with E-state index in [2.05, 4.69) is 21.3 Å². The lowest BCUT2D eigenvalue weighted by molar-refractivity contribution is -0.138. The molecule has 14 heteroatoms. The maximum atomic E-state index is 13.2. The molecule has 0 unspecified atom stereocenters. The third-order valence-electron chi connectivity index (χ3n) is 5.87. The minimum atomic E-state index is -1.02. The van der Waals surface area contributed by atoms with E-state index >= 15 is 0 Å². The summed E-state index contributed by atoms with van der Waals surface area (Å²) in [6.45, 7) is 3.87. The highest BCUT2D eigenvalue weighted by molar-refractivity contribution is 6.13. The van der Waals surface area contributed by atoms with Crippen molar-refractivity contribution in [1.29, 1.82) is 0 Å². The van der Waals surface area contributed by atoms with Crippen LogP contribution in [-0.2, 0) is 40.1 Å². The molecule has 0 aliphatic carbocycles. The van der Waals surface area contributed by atoms with Gasteiger partial charge in [-0.15, -0.1) is 0 Å². The van der Waals surface area contributed by atoms with Crippen LogP contribution in [-0.4, -0.2) is 72.1 Å². The number of carbonyl (C=O) groups excluding carboxylic acids is 7. The Morgan fingerprint density at radius 2 is 1.65 bits per heavy atom. The van der Waals surface area contributed by atoms with Gasteiger partial charge >= 0.3 is 6.03 Å². The summed E-state index contributed by atoms with van der Waals surface area (Å²) in [6, 6.07) is 3.78. The number of anilines is 1. The number of urea groups is 1. The van der Waals surface area contributed by atoms with Gasteiger partial charge in [0.15, 0.2) is 0 Å². The van der Waals surface area contributed by atoms with E-state index in [1.54, 1.807) is 38.1 Å². The highest BCUT2D eigenvalue weighted by Crippen LogP contribution is 2.13. The molecule has 14 nitrogen and oxygen atoms in total. The number of primary amides is 1. The molecular formula is C26H34N6O8. The molecule has 1 aromatic carbocycles. The lowest BCUT2D eigenvalue weighted by Gasteiger charge is -2.25. The Kier molecular flexibility index (Phi) is 12.3. The summed E-state index contributed by atoms with van der Waals surface area (Å²) in [6.07, 6.45) is 2.49.